The van der Waals surface area contributed by atoms with E-state index in [4.69, 9.17) is 9.05 Å². The van der Waals surface area contributed by atoms with Crippen molar-refractivity contribution in [3.8, 4) is 0 Å². The highest BCUT2D eigenvalue weighted by Crippen LogP contribution is 2.43. The number of quaternary nitrogens is 1. The molecule has 10 heteroatoms. The summed E-state index contributed by atoms with van der Waals surface area (Å²) in [7, 11) is 1.44. The van der Waals surface area contributed by atoms with Gasteiger partial charge in [-0.1, -0.05) is 212 Å². The first-order chi connectivity index (χ1) is 29.4. The number of unbranched alkanes of at least 4 members (excludes halogenated alkanes) is 29. The first kappa shape index (κ1) is 59.9. The van der Waals surface area contributed by atoms with Gasteiger partial charge < -0.3 is 24.9 Å². The lowest BCUT2D eigenvalue weighted by Crippen LogP contribution is -2.51. The van der Waals surface area contributed by atoms with E-state index in [1.807, 2.05) is 21.1 Å². The number of aliphatic hydroxyl groups excluding tert-OH is 2. The van der Waals surface area contributed by atoms with Gasteiger partial charge in [-0.15, -0.1) is 0 Å². The number of allylic oxidation sites excluding steroid dienone is 4. The minimum Gasteiger partial charge on any atom is -0.390 e. The molecular formula is C51H102N2O7P+. The Morgan fingerprint density at radius 2 is 0.967 bits per heavy atom. The highest BCUT2D eigenvalue weighted by Gasteiger charge is 2.31. The molecule has 0 bridgehead atoms. The lowest BCUT2D eigenvalue weighted by Gasteiger charge is -2.28. The molecule has 4 unspecified atom stereocenters. The SMILES string of the molecule is CCCCCCC/C=C\C/C=C\CCCCCCCCCCCCCCCC(=O)NC(COP(=O)(O)OCC[N+](C)(C)C)C(O)C(O)CCCCCCCCCCCCCC. The van der Waals surface area contributed by atoms with E-state index in [0.29, 0.717) is 23.9 Å². The number of carbonyl (C=O) groups is 1. The highest BCUT2D eigenvalue weighted by atomic mass is 31.2. The van der Waals surface area contributed by atoms with Crippen molar-refractivity contribution in [3.05, 3.63) is 24.3 Å². The van der Waals surface area contributed by atoms with E-state index < -0.39 is 32.7 Å². The average molecular weight is 886 g/mol. The number of phosphoric acid groups is 1. The van der Waals surface area contributed by atoms with Crippen LogP contribution in [-0.2, 0) is 18.4 Å². The van der Waals surface area contributed by atoms with E-state index in [1.54, 1.807) is 0 Å². The quantitative estimate of drug-likeness (QED) is 0.0208. The summed E-state index contributed by atoms with van der Waals surface area (Å²) in [6.07, 6.45) is 48.1. The van der Waals surface area contributed by atoms with Gasteiger partial charge in [0.2, 0.25) is 5.91 Å². The molecule has 4 atom stereocenters. The van der Waals surface area contributed by atoms with Gasteiger partial charge in [0.25, 0.3) is 0 Å². The van der Waals surface area contributed by atoms with E-state index in [9.17, 15) is 24.5 Å². The van der Waals surface area contributed by atoms with Gasteiger partial charge in [0.15, 0.2) is 0 Å². The second kappa shape index (κ2) is 42.9. The predicted molar refractivity (Wildman–Crippen MR) is 260 cm³/mol. The number of hydrogen-bond acceptors (Lipinski definition) is 6. The van der Waals surface area contributed by atoms with Crippen LogP contribution >= 0.6 is 7.82 Å². The molecule has 0 aromatic carbocycles. The van der Waals surface area contributed by atoms with Gasteiger partial charge >= 0.3 is 7.82 Å². The Morgan fingerprint density at radius 3 is 1.39 bits per heavy atom. The normalized spacial score (nSPS) is 14.8. The van der Waals surface area contributed by atoms with Crippen molar-refractivity contribution in [2.45, 2.75) is 257 Å². The zero-order chi connectivity index (χ0) is 45.1. The summed E-state index contributed by atoms with van der Waals surface area (Å²) in [6, 6.07) is -1.03. The summed E-state index contributed by atoms with van der Waals surface area (Å²) in [5.41, 5.74) is 0. The smallest absolute Gasteiger partial charge is 0.390 e. The third kappa shape index (κ3) is 43.9. The van der Waals surface area contributed by atoms with Gasteiger partial charge in [0.05, 0.1) is 39.9 Å². The van der Waals surface area contributed by atoms with Crippen molar-refractivity contribution in [1.82, 2.24) is 5.32 Å². The molecule has 0 rings (SSSR count). The second-order valence-electron chi connectivity index (χ2n) is 19.0. The van der Waals surface area contributed by atoms with Crippen LogP contribution in [0.2, 0.25) is 0 Å². The van der Waals surface area contributed by atoms with Gasteiger partial charge in [-0.25, -0.2) is 4.57 Å². The second-order valence-corrected chi connectivity index (χ2v) is 20.5. The van der Waals surface area contributed by atoms with Gasteiger partial charge in [-0.2, -0.15) is 0 Å². The number of amides is 1. The summed E-state index contributed by atoms with van der Waals surface area (Å²) in [5, 5.41) is 24.8. The Hall–Kier alpha value is -1.06. The fourth-order valence-corrected chi connectivity index (χ4v) is 8.38. The van der Waals surface area contributed by atoms with Crippen LogP contribution in [0.4, 0.5) is 0 Å². The van der Waals surface area contributed by atoms with Crippen LogP contribution in [0.3, 0.4) is 0 Å². The summed E-state index contributed by atoms with van der Waals surface area (Å²) in [4.78, 5) is 23.3. The van der Waals surface area contributed by atoms with E-state index in [-0.39, 0.29) is 12.5 Å². The van der Waals surface area contributed by atoms with Crippen LogP contribution in [0.5, 0.6) is 0 Å². The van der Waals surface area contributed by atoms with E-state index in [1.165, 1.54) is 167 Å². The molecule has 362 valence electrons. The summed E-state index contributed by atoms with van der Waals surface area (Å²) in [6.45, 7) is 4.61. The van der Waals surface area contributed by atoms with Gasteiger partial charge in [0.1, 0.15) is 19.3 Å². The zero-order valence-electron chi connectivity index (χ0n) is 40.8. The Labute approximate surface area is 377 Å². The van der Waals surface area contributed by atoms with Crippen molar-refractivity contribution in [1.29, 1.82) is 0 Å². The molecule has 0 aromatic rings. The molecule has 0 heterocycles. The number of rotatable bonds is 47. The fraction of sp³-hybridized carbons (Fsp3) is 0.902. The van der Waals surface area contributed by atoms with Crippen LogP contribution in [0.25, 0.3) is 0 Å². The number of hydrogen-bond donors (Lipinski definition) is 4. The van der Waals surface area contributed by atoms with Gasteiger partial charge in [-0.3, -0.25) is 13.8 Å². The van der Waals surface area contributed by atoms with Crippen molar-refractivity contribution in [2.75, 3.05) is 40.9 Å². The molecule has 9 nitrogen and oxygen atoms in total. The number of carbonyl (C=O) groups excluding carboxylic acids is 1. The molecule has 0 saturated carbocycles. The number of likely N-dealkylation sites (N-methyl/N-ethyl adjacent to an activating group) is 1. The molecule has 1 amide bonds. The first-order valence-corrected chi connectivity index (χ1v) is 27.3. The molecular weight excluding hydrogens is 784 g/mol. The largest absolute Gasteiger partial charge is 0.472 e. The monoisotopic (exact) mass is 886 g/mol. The highest BCUT2D eigenvalue weighted by molar-refractivity contribution is 7.47. The summed E-state index contributed by atoms with van der Waals surface area (Å²) in [5.74, 6) is -0.257. The van der Waals surface area contributed by atoms with Gasteiger partial charge in [-0.05, 0) is 44.9 Å². The molecule has 0 fully saturated rings. The molecule has 0 saturated heterocycles. The van der Waals surface area contributed by atoms with Crippen molar-refractivity contribution < 1.29 is 38.0 Å². The van der Waals surface area contributed by atoms with E-state index in [2.05, 4.69) is 43.5 Å². The number of phosphoric ester groups is 1. The molecule has 61 heavy (non-hydrogen) atoms. The molecule has 0 aliphatic rings. The first-order valence-electron chi connectivity index (χ1n) is 25.8. The molecule has 0 radical (unpaired) electrons. The lowest BCUT2D eigenvalue weighted by molar-refractivity contribution is -0.870. The maximum absolute atomic E-state index is 13.0. The van der Waals surface area contributed by atoms with Gasteiger partial charge in [0, 0.05) is 6.42 Å². The number of aliphatic hydroxyl groups is 2. The lowest BCUT2D eigenvalue weighted by atomic mass is 9.99. The standard InChI is InChI=1S/C51H101N2O7P/c1-6-8-10-12-14-16-18-20-21-22-23-24-25-26-27-28-29-30-31-32-34-36-38-40-42-44-50(55)52-48(47-60-61(57,58)59-46-45-53(3,4)5)51(56)49(54)43-41-39-37-35-33-19-17-15-13-11-9-7-2/h18,20,22-23,48-49,51,54,56H,6-17,19,21,24-47H2,1-5H3,(H-,52,55,57,58)/p+1/b20-18-,23-22-. The zero-order valence-corrected chi connectivity index (χ0v) is 41.7. The van der Waals surface area contributed by atoms with Crippen molar-refractivity contribution in [3.63, 3.8) is 0 Å². The molecule has 4 N–H and O–H groups in total. The average Bonchev–Trinajstić information content (AvgIpc) is 3.21. The third-order valence-corrected chi connectivity index (χ3v) is 12.8. The Bertz CT molecular complexity index is 1070. The topological polar surface area (TPSA) is 125 Å². The predicted octanol–water partition coefficient (Wildman–Crippen LogP) is 13.8. The maximum atomic E-state index is 13.0. The number of nitrogens with zero attached hydrogens (tertiary/aromatic N) is 1. The Morgan fingerprint density at radius 1 is 0.574 bits per heavy atom. The minimum atomic E-state index is -4.41. The Kier molecular flexibility index (Phi) is 42.1. The van der Waals surface area contributed by atoms with Crippen LogP contribution < -0.4 is 5.32 Å². The molecule has 0 aliphatic heterocycles. The molecule has 0 spiro atoms. The van der Waals surface area contributed by atoms with Crippen LogP contribution in [0.15, 0.2) is 24.3 Å². The van der Waals surface area contributed by atoms with Crippen molar-refractivity contribution >= 4 is 13.7 Å². The minimum absolute atomic E-state index is 0.0228. The van der Waals surface area contributed by atoms with E-state index >= 15 is 0 Å². The van der Waals surface area contributed by atoms with Crippen LogP contribution in [0, 0.1) is 0 Å². The van der Waals surface area contributed by atoms with Crippen LogP contribution in [0.1, 0.15) is 239 Å². The fourth-order valence-electron chi connectivity index (χ4n) is 7.64. The Balaban J connectivity index is 4.26. The third-order valence-electron chi connectivity index (χ3n) is 11.8. The molecule has 0 aliphatic carbocycles. The summed E-state index contributed by atoms with van der Waals surface area (Å²) >= 11 is 0. The maximum Gasteiger partial charge on any atom is 0.472 e. The number of nitrogens with one attached hydrogen (secondary N) is 1. The molecule has 0 aromatic heterocycles. The van der Waals surface area contributed by atoms with Crippen molar-refractivity contribution in [2.24, 2.45) is 0 Å². The van der Waals surface area contributed by atoms with E-state index in [0.717, 1.165) is 44.9 Å². The summed E-state index contributed by atoms with van der Waals surface area (Å²) < 4.78 is 23.6. The van der Waals surface area contributed by atoms with Crippen LogP contribution in [-0.4, -0.2) is 84.6 Å².